The lowest BCUT2D eigenvalue weighted by Gasteiger charge is -2.02. The maximum Gasteiger partial charge on any atom is 0.345 e. The number of carbonyl (C=O) groups is 1. The van der Waals surface area contributed by atoms with Gasteiger partial charge in [-0.2, -0.15) is 0 Å². The number of H-pyrrole nitrogens is 1. The third-order valence-corrected chi connectivity index (χ3v) is 3.99. The van der Waals surface area contributed by atoms with E-state index >= 15 is 0 Å². The molecule has 3 rings (SSSR count). The fourth-order valence-electron chi connectivity index (χ4n) is 1.99. The molecule has 0 fully saturated rings. The predicted molar refractivity (Wildman–Crippen MR) is 76.4 cm³/mol. The van der Waals surface area contributed by atoms with Gasteiger partial charge in [0.2, 0.25) is 0 Å². The highest BCUT2D eigenvalue weighted by molar-refractivity contribution is 7.20. The Balaban J connectivity index is 2.06. The number of thiophene rings is 1. The molecule has 0 aliphatic heterocycles. The largest absolute Gasteiger partial charge is 0.477 e. The maximum atomic E-state index is 13.6. The van der Waals surface area contributed by atoms with Gasteiger partial charge in [0.1, 0.15) is 21.3 Å². The van der Waals surface area contributed by atoms with Crippen LogP contribution in [0, 0.1) is 5.82 Å². The Morgan fingerprint density at radius 1 is 1.38 bits per heavy atom. The van der Waals surface area contributed by atoms with Crippen molar-refractivity contribution in [2.24, 2.45) is 0 Å². The first-order valence-electron chi connectivity index (χ1n) is 6.04. The molecule has 21 heavy (non-hydrogen) atoms. The molecular formula is C14H9FN2O3S. The van der Waals surface area contributed by atoms with Crippen molar-refractivity contribution in [2.75, 3.05) is 0 Å². The lowest BCUT2D eigenvalue weighted by atomic mass is 10.1. The van der Waals surface area contributed by atoms with Crippen LogP contribution in [0.15, 0.2) is 35.1 Å². The number of carboxylic acid groups (broad SMARTS) is 1. The number of aromatic amines is 1. The number of rotatable bonds is 3. The molecule has 0 radical (unpaired) electrons. The summed E-state index contributed by atoms with van der Waals surface area (Å²) in [6, 6.07) is 7.51. The van der Waals surface area contributed by atoms with Crippen molar-refractivity contribution in [3.8, 4) is 0 Å². The molecule has 7 heteroatoms. The van der Waals surface area contributed by atoms with Crippen molar-refractivity contribution in [1.82, 2.24) is 9.97 Å². The molecule has 2 aromatic heterocycles. The Hall–Kier alpha value is -2.54. The van der Waals surface area contributed by atoms with Crippen molar-refractivity contribution in [3.63, 3.8) is 0 Å². The van der Waals surface area contributed by atoms with Gasteiger partial charge in [-0.25, -0.2) is 14.2 Å². The first kappa shape index (κ1) is 13.4. The second kappa shape index (κ2) is 5.10. The molecular weight excluding hydrogens is 295 g/mol. The van der Waals surface area contributed by atoms with E-state index in [1.165, 1.54) is 12.1 Å². The third-order valence-electron chi connectivity index (χ3n) is 2.98. The molecule has 0 unspecified atom stereocenters. The van der Waals surface area contributed by atoms with Crippen LogP contribution in [0.3, 0.4) is 0 Å². The standard InChI is InChI=1S/C14H9FN2O3S/c15-9-4-2-1-3-7(9)5-11-16-12(18)8-6-10(14(19)20)21-13(8)17-11/h1-4,6H,5H2,(H,19,20)(H,16,17,18). The summed E-state index contributed by atoms with van der Waals surface area (Å²) in [6.07, 6.45) is 0.137. The molecule has 0 aliphatic carbocycles. The van der Waals surface area contributed by atoms with Crippen LogP contribution in [-0.4, -0.2) is 21.0 Å². The molecule has 0 saturated carbocycles. The minimum Gasteiger partial charge on any atom is -0.477 e. The fourth-order valence-corrected chi connectivity index (χ4v) is 2.88. The number of benzene rings is 1. The lowest BCUT2D eigenvalue weighted by Crippen LogP contribution is -2.11. The van der Waals surface area contributed by atoms with Gasteiger partial charge in [0.15, 0.2) is 0 Å². The van der Waals surface area contributed by atoms with Crippen molar-refractivity contribution in [3.05, 3.63) is 62.8 Å². The molecule has 5 nitrogen and oxygen atoms in total. The molecule has 0 saturated heterocycles. The molecule has 2 N–H and O–H groups in total. The van der Waals surface area contributed by atoms with Crippen LogP contribution >= 0.6 is 11.3 Å². The van der Waals surface area contributed by atoms with Gasteiger partial charge >= 0.3 is 5.97 Å². The van der Waals surface area contributed by atoms with Gasteiger partial charge in [-0.05, 0) is 17.7 Å². The Labute approximate surface area is 121 Å². The van der Waals surface area contributed by atoms with E-state index in [1.54, 1.807) is 18.2 Å². The van der Waals surface area contributed by atoms with Gasteiger partial charge in [-0.1, -0.05) is 18.2 Å². The molecule has 2 heterocycles. The number of fused-ring (bicyclic) bond motifs is 1. The van der Waals surface area contributed by atoms with Crippen molar-refractivity contribution < 1.29 is 14.3 Å². The van der Waals surface area contributed by atoms with Crippen LogP contribution in [0.5, 0.6) is 0 Å². The molecule has 3 aromatic rings. The number of aromatic nitrogens is 2. The number of hydrogen-bond acceptors (Lipinski definition) is 4. The lowest BCUT2D eigenvalue weighted by molar-refractivity contribution is 0.0702. The molecule has 0 bridgehead atoms. The van der Waals surface area contributed by atoms with E-state index in [9.17, 15) is 14.0 Å². The highest BCUT2D eigenvalue weighted by atomic mass is 32.1. The van der Waals surface area contributed by atoms with Gasteiger partial charge in [0.25, 0.3) is 5.56 Å². The Kier molecular flexibility index (Phi) is 3.26. The van der Waals surface area contributed by atoms with Crippen LogP contribution in [0.4, 0.5) is 4.39 Å². The SMILES string of the molecule is O=C(O)c1cc2c(=O)[nH]c(Cc3ccccc3F)nc2s1. The van der Waals surface area contributed by atoms with E-state index in [4.69, 9.17) is 5.11 Å². The summed E-state index contributed by atoms with van der Waals surface area (Å²) in [4.78, 5) is 30.0. The average Bonchev–Trinajstić information content (AvgIpc) is 2.86. The Bertz CT molecular complexity index is 901. The first-order chi connectivity index (χ1) is 10.0. The highest BCUT2D eigenvalue weighted by Crippen LogP contribution is 2.21. The smallest absolute Gasteiger partial charge is 0.345 e. The minimum absolute atomic E-state index is 0.0473. The fraction of sp³-hybridized carbons (Fsp3) is 0.0714. The molecule has 1 aromatic carbocycles. The number of nitrogens with zero attached hydrogens (tertiary/aromatic N) is 1. The zero-order valence-electron chi connectivity index (χ0n) is 10.6. The number of carboxylic acids is 1. The summed E-state index contributed by atoms with van der Waals surface area (Å²) in [7, 11) is 0. The van der Waals surface area contributed by atoms with Crippen molar-refractivity contribution in [2.45, 2.75) is 6.42 Å². The highest BCUT2D eigenvalue weighted by Gasteiger charge is 2.13. The zero-order chi connectivity index (χ0) is 15.0. The summed E-state index contributed by atoms with van der Waals surface area (Å²) in [5.41, 5.74) is -0.00916. The van der Waals surface area contributed by atoms with Crippen molar-refractivity contribution >= 4 is 27.5 Å². The van der Waals surface area contributed by atoms with E-state index in [1.807, 2.05) is 0 Å². The first-order valence-corrected chi connectivity index (χ1v) is 6.85. The van der Waals surface area contributed by atoms with E-state index in [-0.39, 0.29) is 22.5 Å². The summed E-state index contributed by atoms with van der Waals surface area (Å²) in [5.74, 6) is -1.18. The normalized spacial score (nSPS) is 10.9. The summed E-state index contributed by atoms with van der Waals surface area (Å²) >= 11 is 0.924. The van der Waals surface area contributed by atoms with Crippen LogP contribution in [0.25, 0.3) is 10.2 Å². The quantitative estimate of drug-likeness (QED) is 0.778. The van der Waals surface area contributed by atoms with Gasteiger partial charge < -0.3 is 10.1 Å². The van der Waals surface area contributed by atoms with Crippen molar-refractivity contribution in [1.29, 1.82) is 0 Å². The number of halogens is 1. The number of nitrogens with one attached hydrogen (secondary N) is 1. The van der Waals surface area contributed by atoms with Crippen LogP contribution in [-0.2, 0) is 6.42 Å². The van der Waals surface area contributed by atoms with Gasteiger partial charge in [-0.15, -0.1) is 11.3 Å². The second-order valence-electron chi connectivity index (χ2n) is 4.42. The third kappa shape index (κ3) is 2.55. The predicted octanol–water partition coefficient (Wildman–Crippen LogP) is 2.41. The monoisotopic (exact) mass is 304 g/mol. The Morgan fingerprint density at radius 3 is 2.86 bits per heavy atom. The molecule has 0 spiro atoms. The minimum atomic E-state index is -1.10. The van der Waals surface area contributed by atoms with E-state index in [2.05, 4.69) is 9.97 Å². The average molecular weight is 304 g/mol. The molecule has 106 valence electrons. The van der Waals surface area contributed by atoms with Crippen LogP contribution < -0.4 is 5.56 Å². The molecule has 0 atom stereocenters. The number of hydrogen-bond donors (Lipinski definition) is 2. The van der Waals surface area contributed by atoms with E-state index < -0.39 is 11.5 Å². The van der Waals surface area contributed by atoms with Gasteiger partial charge in [-0.3, -0.25) is 4.79 Å². The van der Waals surface area contributed by atoms with Gasteiger partial charge in [0, 0.05) is 6.42 Å². The molecule has 0 aliphatic rings. The van der Waals surface area contributed by atoms with Gasteiger partial charge in [0.05, 0.1) is 5.39 Å². The zero-order valence-corrected chi connectivity index (χ0v) is 11.4. The van der Waals surface area contributed by atoms with E-state index in [0.717, 1.165) is 11.3 Å². The maximum absolute atomic E-state index is 13.6. The summed E-state index contributed by atoms with van der Waals surface area (Å²) in [6.45, 7) is 0. The topological polar surface area (TPSA) is 83.0 Å². The summed E-state index contributed by atoms with van der Waals surface area (Å²) in [5, 5.41) is 9.17. The van der Waals surface area contributed by atoms with E-state index in [0.29, 0.717) is 16.2 Å². The Morgan fingerprint density at radius 2 is 2.14 bits per heavy atom. The number of aromatic carboxylic acids is 1. The van der Waals surface area contributed by atoms with Crippen LogP contribution in [0.2, 0.25) is 0 Å². The van der Waals surface area contributed by atoms with Crippen LogP contribution in [0.1, 0.15) is 21.1 Å². The molecule has 0 amide bonds. The second-order valence-corrected chi connectivity index (χ2v) is 5.45. The summed E-state index contributed by atoms with van der Waals surface area (Å²) < 4.78 is 13.6.